The summed E-state index contributed by atoms with van der Waals surface area (Å²) < 4.78 is 5.43. The molecule has 1 rings (SSSR count). The number of hydrogen-bond acceptors (Lipinski definition) is 4. The van der Waals surface area contributed by atoms with Crippen molar-refractivity contribution >= 4 is 5.82 Å². The fourth-order valence-electron chi connectivity index (χ4n) is 1.22. The molecule has 0 unspecified atom stereocenters. The smallest absolute Gasteiger partial charge is 0.221 e. The van der Waals surface area contributed by atoms with E-state index in [1.165, 1.54) is 0 Å². The fraction of sp³-hybridized carbons (Fsp3) is 0.600. The highest BCUT2D eigenvalue weighted by Gasteiger charge is 2.09. The van der Waals surface area contributed by atoms with Gasteiger partial charge < -0.3 is 10.1 Å². The molecular formula is C10H17N3O. The Kier molecular flexibility index (Phi) is 3.68. The second-order valence-electron chi connectivity index (χ2n) is 2.96. The maximum Gasteiger partial charge on any atom is 0.221 e. The molecule has 0 aliphatic heterocycles. The summed E-state index contributed by atoms with van der Waals surface area (Å²) in [5, 5.41) is 3.04. The van der Waals surface area contributed by atoms with Gasteiger partial charge in [0.15, 0.2) is 0 Å². The monoisotopic (exact) mass is 195 g/mol. The van der Waals surface area contributed by atoms with Crippen LogP contribution in [0.5, 0.6) is 5.88 Å². The molecule has 1 heterocycles. The van der Waals surface area contributed by atoms with E-state index < -0.39 is 0 Å². The third-order valence-electron chi connectivity index (χ3n) is 1.98. The Balaban J connectivity index is 3.12. The Morgan fingerprint density at radius 3 is 2.50 bits per heavy atom. The van der Waals surface area contributed by atoms with Crippen molar-refractivity contribution in [3.63, 3.8) is 0 Å². The predicted octanol–water partition coefficient (Wildman–Crippen LogP) is 1.79. The maximum absolute atomic E-state index is 5.43. The Labute approximate surface area is 84.7 Å². The van der Waals surface area contributed by atoms with Gasteiger partial charge >= 0.3 is 0 Å². The van der Waals surface area contributed by atoms with Crippen LogP contribution in [-0.2, 0) is 6.42 Å². The minimum atomic E-state index is 0.629. The zero-order valence-electron chi connectivity index (χ0n) is 9.22. The fourth-order valence-corrected chi connectivity index (χ4v) is 1.22. The molecule has 0 spiro atoms. The van der Waals surface area contributed by atoms with E-state index in [1.807, 2.05) is 27.8 Å². The summed E-state index contributed by atoms with van der Waals surface area (Å²) in [7, 11) is 1.85. The van der Waals surface area contributed by atoms with E-state index in [1.54, 1.807) is 0 Å². The summed E-state index contributed by atoms with van der Waals surface area (Å²) in [6.07, 6.45) is 0.815. The lowest BCUT2D eigenvalue weighted by Crippen LogP contribution is -2.06. The SMILES string of the molecule is CCOc1nc(CC)nc(NC)c1C. The molecule has 0 amide bonds. The van der Waals surface area contributed by atoms with Crippen molar-refractivity contribution in [1.82, 2.24) is 9.97 Å². The first-order chi connectivity index (χ1) is 6.72. The lowest BCUT2D eigenvalue weighted by molar-refractivity contribution is 0.322. The molecule has 0 saturated heterocycles. The van der Waals surface area contributed by atoms with Crippen molar-refractivity contribution in [2.75, 3.05) is 19.0 Å². The van der Waals surface area contributed by atoms with Crippen LogP contribution in [0.3, 0.4) is 0 Å². The average Bonchev–Trinajstić information content (AvgIpc) is 2.21. The number of nitrogens with one attached hydrogen (secondary N) is 1. The lowest BCUT2D eigenvalue weighted by Gasteiger charge is -2.11. The van der Waals surface area contributed by atoms with Gasteiger partial charge in [0.25, 0.3) is 0 Å². The molecule has 4 heteroatoms. The van der Waals surface area contributed by atoms with E-state index in [4.69, 9.17) is 4.74 Å². The third kappa shape index (κ3) is 2.13. The third-order valence-corrected chi connectivity index (χ3v) is 1.98. The van der Waals surface area contributed by atoms with Gasteiger partial charge in [0, 0.05) is 13.5 Å². The summed E-state index contributed by atoms with van der Waals surface area (Å²) in [5.41, 5.74) is 0.964. The van der Waals surface area contributed by atoms with E-state index in [0.29, 0.717) is 12.5 Å². The highest BCUT2D eigenvalue weighted by atomic mass is 16.5. The van der Waals surface area contributed by atoms with Crippen molar-refractivity contribution in [3.05, 3.63) is 11.4 Å². The molecule has 78 valence electrons. The molecule has 0 atom stereocenters. The van der Waals surface area contributed by atoms with Gasteiger partial charge in [-0.1, -0.05) is 6.92 Å². The highest BCUT2D eigenvalue weighted by molar-refractivity contribution is 5.47. The molecule has 0 radical (unpaired) electrons. The van der Waals surface area contributed by atoms with Crippen LogP contribution in [0.25, 0.3) is 0 Å². The number of aryl methyl sites for hydroxylation is 1. The van der Waals surface area contributed by atoms with E-state index >= 15 is 0 Å². The van der Waals surface area contributed by atoms with Crippen LogP contribution in [0.15, 0.2) is 0 Å². The Hall–Kier alpha value is -1.32. The molecule has 0 fully saturated rings. The van der Waals surface area contributed by atoms with Gasteiger partial charge in [0.2, 0.25) is 5.88 Å². The molecule has 0 aromatic carbocycles. The summed E-state index contributed by atoms with van der Waals surface area (Å²) >= 11 is 0. The molecule has 1 N–H and O–H groups in total. The first-order valence-corrected chi connectivity index (χ1v) is 4.90. The van der Waals surface area contributed by atoms with E-state index in [9.17, 15) is 0 Å². The normalized spacial score (nSPS) is 10.0. The molecule has 1 aromatic heterocycles. The number of aromatic nitrogens is 2. The van der Waals surface area contributed by atoms with Gasteiger partial charge in [-0.05, 0) is 13.8 Å². The van der Waals surface area contributed by atoms with Crippen molar-refractivity contribution in [2.24, 2.45) is 0 Å². The first-order valence-electron chi connectivity index (χ1n) is 4.90. The molecule has 0 saturated carbocycles. The number of hydrogen-bond donors (Lipinski definition) is 1. The second kappa shape index (κ2) is 4.79. The number of nitrogens with zero attached hydrogens (tertiary/aromatic N) is 2. The van der Waals surface area contributed by atoms with E-state index in [2.05, 4.69) is 15.3 Å². The van der Waals surface area contributed by atoms with Crippen LogP contribution >= 0.6 is 0 Å². The maximum atomic E-state index is 5.43. The van der Waals surface area contributed by atoms with Gasteiger partial charge in [-0.3, -0.25) is 0 Å². The quantitative estimate of drug-likeness (QED) is 0.795. The van der Waals surface area contributed by atoms with Crippen LogP contribution in [0.2, 0.25) is 0 Å². The first kappa shape index (κ1) is 10.8. The van der Waals surface area contributed by atoms with Crippen LogP contribution in [0, 0.1) is 6.92 Å². The number of rotatable bonds is 4. The summed E-state index contributed by atoms with van der Waals surface area (Å²) in [4.78, 5) is 8.67. The minimum absolute atomic E-state index is 0.629. The minimum Gasteiger partial charge on any atom is -0.478 e. The predicted molar refractivity (Wildman–Crippen MR) is 56.9 cm³/mol. The molecule has 0 aliphatic carbocycles. The Morgan fingerprint density at radius 1 is 1.29 bits per heavy atom. The Morgan fingerprint density at radius 2 is 2.00 bits per heavy atom. The van der Waals surface area contributed by atoms with Gasteiger partial charge in [-0.15, -0.1) is 0 Å². The van der Waals surface area contributed by atoms with Gasteiger partial charge in [0.1, 0.15) is 11.6 Å². The largest absolute Gasteiger partial charge is 0.478 e. The van der Waals surface area contributed by atoms with Crippen LogP contribution in [0.1, 0.15) is 25.2 Å². The average molecular weight is 195 g/mol. The molecule has 14 heavy (non-hydrogen) atoms. The summed E-state index contributed by atoms with van der Waals surface area (Å²) in [5.74, 6) is 2.34. The van der Waals surface area contributed by atoms with Gasteiger partial charge in [-0.2, -0.15) is 4.98 Å². The summed E-state index contributed by atoms with van der Waals surface area (Å²) in [6.45, 7) is 6.56. The van der Waals surface area contributed by atoms with Crippen molar-refractivity contribution in [2.45, 2.75) is 27.2 Å². The van der Waals surface area contributed by atoms with Crippen molar-refractivity contribution in [1.29, 1.82) is 0 Å². The zero-order chi connectivity index (χ0) is 10.6. The van der Waals surface area contributed by atoms with Gasteiger partial charge in [0.05, 0.1) is 12.2 Å². The van der Waals surface area contributed by atoms with Crippen LogP contribution < -0.4 is 10.1 Å². The van der Waals surface area contributed by atoms with E-state index in [-0.39, 0.29) is 0 Å². The Bertz CT molecular complexity index is 312. The molecular weight excluding hydrogens is 178 g/mol. The zero-order valence-corrected chi connectivity index (χ0v) is 9.22. The van der Waals surface area contributed by atoms with Crippen LogP contribution in [0.4, 0.5) is 5.82 Å². The van der Waals surface area contributed by atoms with Crippen LogP contribution in [-0.4, -0.2) is 23.6 Å². The van der Waals surface area contributed by atoms with E-state index in [0.717, 1.165) is 23.6 Å². The molecule has 0 aliphatic rings. The highest BCUT2D eigenvalue weighted by Crippen LogP contribution is 2.21. The van der Waals surface area contributed by atoms with Crippen molar-refractivity contribution < 1.29 is 4.74 Å². The second-order valence-corrected chi connectivity index (χ2v) is 2.96. The van der Waals surface area contributed by atoms with Gasteiger partial charge in [-0.25, -0.2) is 4.98 Å². The number of ether oxygens (including phenoxy) is 1. The lowest BCUT2D eigenvalue weighted by atomic mass is 10.3. The number of anilines is 1. The molecule has 4 nitrogen and oxygen atoms in total. The topological polar surface area (TPSA) is 47.0 Å². The molecule has 1 aromatic rings. The standard InChI is InChI=1S/C10H17N3O/c1-5-8-12-9(11-4)7(3)10(13-8)14-6-2/h5-6H2,1-4H3,(H,11,12,13). The van der Waals surface area contributed by atoms with Crippen molar-refractivity contribution in [3.8, 4) is 5.88 Å². The molecule has 0 bridgehead atoms. The summed E-state index contributed by atoms with van der Waals surface area (Å²) in [6, 6.07) is 0.